The highest BCUT2D eigenvalue weighted by Crippen LogP contribution is 2.32. The molecule has 8 heteroatoms. The number of carbonyl (C=O) groups is 3. The van der Waals surface area contributed by atoms with Gasteiger partial charge < -0.3 is 24.3 Å². The zero-order chi connectivity index (χ0) is 18.5. The standard InChI is InChI=1S/C18H15NO7/c1-23-18(22)12-4-2-3-5-13(12)19-16(20)9-24-17(21)11-6-7-14-15(8-11)26-10-25-14/h2-8H,9-10H2,1H3,(H,19,20). The Hall–Kier alpha value is -3.55. The zero-order valence-electron chi connectivity index (χ0n) is 13.8. The van der Waals surface area contributed by atoms with Crippen LogP contribution in [0.3, 0.4) is 0 Å². The van der Waals surface area contributed by atoms with Crippen molar-refractivity contribution in [3.05, 3.63) is 53.6 Å². The van der Waals surface area contributed by atoms with E-state index in [4.69, 9.17) is 14.2 Å². The largest absolute Gasteiger partial charge is 0.465 e. The fraction of sp³-hybridized carbons (Fsp3) is 0.167. The Bertz CT molecular complexity index is 862. The molecule has 0 saturated heterocycles. The first-order valence-electron chi connectivity index (χ1n) is 7.62. The van der Waals surface area contributed by atoms with Crippen LogP contribution in [0.1, 0.15) is 20.7 Å². The molecule has 2 aromatic carbocycles. The maximum atomic E-state index is 12.1. The Morgan fingerprint density at radius 1 is 1.04 bits per heavy atom. The molecule has 0 unspecified atom stereocenters. The molecule has 0 fully saturated rings. The van der Waals surface area contributed by atoms with Gasteiger partial charge in [-0.05, 0) is 30.3 Å². The van der Waals surface area contributed by atoms with E-state index in [1.54, 1.807) is 24.3 Å². The molecule has 2 aromatic rings. The lowest BCUT2D eigenvalue weighted by atomic mass is 10.2. The number of fused-ring (bicyclic) bond motifs is 1. The number of ether oxygens (including phenoxy) is 4. The third-order valence-corrected chi connectivity index (χ3v) is 3.55. The van der Waals surface area contributed by atoms with Crippen LogP contribution in [-0.2, 0) is 14.3 Å². The van der Waals surface area contributed by atoms with E-state index in [1.807, 2.05) is 0 Å². The maximum Gasteiger partial charge on any atom is 0.339 e. The Labute approximate surface area is 148 Å². The number of rotatable bonds is 5. The Kier molecular flexibility index (Phi) is 5.02. The van der Waals surface area contributed by atoms with Gasteiger partial charge in [-0.25, -0.2) is 9.59 Å². The van der Waals surface area contributed by atoms with Crippen LogP contribution in [0.5, 0.6) is 11.5 Å². The Morgan fingerprint density at radius 3 is 2.62 bits per heavy atom. The van der Waals surface area contributed by atoms with Crippen LogP contribution in [0.15, 0.2) is 42.5 Å². The Balaban J connectivity index is 1.59. The molecule has 1 heterocycles. The minimum absolute atomic E-state index is 0.0931. The van der Waals surface area contributed by atoms with E-state index < -0.39 is 24.5 Å². The van der Waals surface area contributed by atoms with Gasteiger partial charge in [0.2, 0.25) is 6.79 Å². The molecular formula is C18H15NO7. The molecule has 0 radical (unpaired) electrons. The van der Waals surface area contributed by atoms with Gasteiger partial charge in [0.15, 0.2) is 18.1 Å². The second kappa shape index (κ2) is 7.56. The van der Waals surface area contributed by atoms with Gasteiger partial charge in [-0.15, -0.1) is 0 Å². The molecule has 0 atom stereocenters. The molecule has 0 aliphatic carbocycles. The van der Waals surface area contributed by atoms with Crippen LogP contribution < -0.4 is 14.8 Å². The molecule has 1 aliphatic heterocycles. The number of para-hydroxylation sites is 1. The number of benzene rings is 2. The van der Waals surface area contributed by atoms with Crippen LogP contribution in [-0.4, -0.2) is 38.4 Å². The van der Waals surface area contributed by atoms with Crippen molar-refractivity contribution in [2.75, 3.05) is 25.8 Å². The smallest absolute Gasteiger partial charge is 0.339 e. The van der Waals surface area contributed by atoms with Crippen molar-refractivity contribution >= 4 is 23.5 Å². The summed E-state index contributed by atoms with van der Waals surface area (Å²) in [6, 6.07) is 10.9. The summed E-state index contributed by atoms with van der Waals surface area (Å²) < 4.78 is 20.0. The third kappa shape index (κ3) is 3.75. The molecular weight excluding hydrogens is 342 g/mol. The third-order valence-electron chi connectivity index (χ3n) is 3.55. The van der Waals surface area contributed by atoms with E-state index in [1.165, 1.54) is 25.3 Å². The van der Waals surface area contributed by atoms with Gasteiger partial charge in [0.25, 0.3) is 5.91 Å². The monoisotopic (exact) mass is 357 g/mol. The van der Waals surface area contributed by atoms with Gasteiger partial charge in [0, 0.05) is 0 Å². The summed E-state index contributed by atoms with van der Waals surface area (Å²) in [5.41, 5.74) is 0.700. The number of carbonyl (C=O) groups excluding carboxylic acids is 3. The molecule has 134 valence electrons. The molecule has 26 heavy (non-hydrogen) atoms. The van der Waals surface area contributed by atoms with Gasteiger partial charge in [-0.1, -0.05) is 12.1 Å². The van der Waals surface area contributed by atoms with E-state index in [2.05, 4.69) is 10.1 Å². The van der Waals surface area contributed by atoms with Gasteiger partial charge in [0.1, 0.15) is 0 Å². The van der Waals surface area contributed by atoms with E-state index in [-0.39, 0.29) is 23.6 Å². The number of esters is 2. The predicted molar refractivity (Wildman–Crippen MR) is 89.3 cm³/mol. The highest BCUT2D eigenvalue weighted by Gasteiger charge is 2.18. The SMILES string of the molecule is COC(=O)c1ccccc1NC(=O)COC(=O)c1ccc2c(c1)OCO2. The summed E-state index contributed by atoms with van der Waals surface area (Å²) in [7, 11) is 1.24. The molecule has 1 amide bonds. The highest BCUT2D eigenvalue weighted by atomic mass is 16.7. The molecule has 8 nitrogen and oxygen atoms in total. The topological polar surface area (TPSA) is 100 Å². The van der Waals surface area contributed by atoms with Crippen molar-refractivity contribution in [3.63, 3.8) is 0 Å². The molecule has 1 N–H and O–H groups in total. The summed E-state index contributed by atoms with van der Waals surface area (Å²) in [6.07, 6.45) is 0. The lowest BCUT2D eigenvalue weighted by Gasteiger charge is -2.10. The van der Waals surface area contributed by atoms with E-state index >= 15 is 0 Å². The normalized spacial score (nSPS) is 11.6. The quantitative estimate of drug-likeness (QED) is 0.817. The van der Waals surface area contributed by atoms with Gasteiger partial charge in [0.05, 0.1) is 23.9 Å². The molecule has 0 saturated carbocycles. The zero-order valence-corrected chi connectivity index (χ0v) is 13.8. The first kappa shape index (κ1) is 17.3. The fourth-order valence-corrected chi connectivity index (χ4v) is 2.30. The summed E-state index contributed by atoms with van der Waals surface area (Å²) in [4.78, 5) is 35.7. The van der Waals surface area contributed by atoms with E-state index in [0.717, 1.165) is 0 Å². The predicted octanol–water partition coefficient (Wildman–Crippen LogP) is 2.00. The molecule has 0 aromatic heterocycles. The molecule has 1 aliphatic rings. The van der Waals surface area contributed by atoms with Crippen molar-refractivity contribution in [1.82, 2.24) is 0 Å². The van der Waals surface area contributed by atoms with Gasteiger partial charge in [-0.3, -0.25) is 4.79 Å². The Morgan fingerprint density at radius 2 is 1.81 bits per heavy atom. The van der Waals surface area contributed by atoms with Crippen molar-refractivity contribution in [1.29, 1.82) is 0 Å². The number of amides is 1. The highest BCUT2D eigenvalue weighted by molar-refractivity contribution is 6.02. The van der Waals surface area contributed by atoms with Crippen LogP contribution in [0, 0.1) is 0 Å². The molecule has 3 rings (SSSR count). The van der Waals surface area contributed by atoms with E-state index in [0.29, 0.717) is 11.5 Å². The number of hydrogen-bond acceptors (Lipinski definition) is 7. The van der Waals surface area contributed by atoms with Crippen molar-refractivity contribution in [2.45, 2.75) is 0 Å². The van der Waals surface area contributed by atoms with E-state index in [9.17, 15) is 14.4 Å². The van der Waals surface area contributed by atoms with Crippen LogP contribution in [0.2, 0.25) is 0 Å². The van der Waals surface area contributed by atoms with Crippen LogP contribution in [0.25, 0.3) is 0 Å². The van der Waals surface area contributed by atoms with Crippen LogP contribution >= 0.6 is 0 Å². The molecule has 0 spiro atoms. The number of anilines is 1. The summed E-state index contributed by atoms with van der Waals surface area (Å²) in [6.45, 7) is -0.418. The number of methoxy groups -OCH3 is 1. The minimum Gasteiger partial charge on any atom is -0.465 e. The van der Waals surface area contributed by atoms with Gasteiger partial charge >= 0.3 is 11.9 Å². The summed E-state index contributed by atoms with van der Waals surface area (Å²) >= 11 is 0. The van der Waals surface area contributed by atoms with Crippen LogP contribution in [0.4, 0.5) is 5.69 Å². The maximum absolute atomic E-state index is 12.1. The van der Waals surface area contributed by atoms with Gasteiger partial charge in [-0.2, -0.15) is 0 Å². The second-order valence-electron chi connectivity index (χ2n) is 5.23. The first-order chi connectivity index (χ1) is 12.6. The first-order valence-corrected chi connectivity index (χ1v) is 7.62. The fourth-order valence-electron chi connectivity index (χ4n) is 2.30. The lowest BCUT2D eigenvalue weighted by Crippen LogP contribution is -2.22. The molecule has 0 bridgehead atoms. The van der Waals surface area contributed by atoms with Crippen molar-refractivity contribution in [3.8, 4) is 11.5 Å². The number of hydrogen-bond donors (Lipinski definition) is 1. The van der Waals surface area contributed by atoms with Crippen molar-refractivity contribution in [2.24, 2.45) is 0 Å². The second-order valence-corrected chi connectivity index (χ2v) is 5.23. The summed E-state index contributed by atoms with van der Waals surface area (Å²) in [5.74, 6) is -0.872. The minimum atomic E-state index is -0.681. The lowest BCUT2D eigenvalue weighted by molar-refractivity contribution is -0.119. The average Bonchev–Trinajstić information content (AvgIpc) is 3.13. The summed E-state index contributed by atoms with van der Waals surface area (Å²) in [5, 5.41) is 2.51. The average molecular weight is 357 g/mol. The van der Waals surface area contributed by atoms with Crippen molar-refractivity contribution < 1.29 is 33.3 Å². The number of nitrogens with one attached hydrogen (secondary N) is 1.